The molecule has 0 atom stereocenters. The predicted molar refractivity (Wildman–Crippen MR) is 58.7 cm³/mol. The molecule has 1 aromatic carbocycles. The Kier molecular flexibility index (Phi) is 1.88. The molecular weight excluding hydrogens is 186 g/mol. The minimum atomic E-state index is 0.660. The maximum absolute atomic E-state index is 5.50. The molecule has 1 aliphatic rings. The molecule has 0 bridgehead atoms. The van der Waals surface area contributed by atoms with Crippen LogP contribution in [0.5, 0.6) is 0 Å². The molecular formula is C13H13NO. The second kappa shape index (κ2) is 3.23. The van der Waals surface area contributed by atoms with Crippen LogP contribution in [0.25, 0.3) is 11.5 Å². The van der Waals surface area contributed by atoms with Gasteiger partial charge in [-0.3, -0.25) is 0 Å². The van der Waals surface area contributed by atoms with Crippen LogP contribution in [0.4, 0.5) is 0 Å². The molecule has 0 aliphatic heterocycles. The van der Waals surface area contributed by atoms with Crippen LogP contribution < -0.4 is 0 Å². The largest absolute Gasteiger partial charge is 0.444 e. The van der Waals surface area contributed by atoms with Crippen molar-refractivity contribution < 1.29 is 4.42 Å². The summed E-state index contributed by atoms with van der Waals surface area (Å²) in [5.41, 5.74) is 3.42. The average Bonchev–Trinajstić information content (AvgIpc) is 2.97. The maximum atomic E-state index is 5.50. The summed E-state index contributed by atoms with van der Waals surface area (Å²) < 4.78 is 5.50. The maximum Gasteiger partial charge on any atom is 0.226 e. The minimum Gasteiger partial charge on any atom is -0.444 e. The second-order valence-corrected chi connectivity index (χ2v) is 4.22. The van der Waals surface area contributed by atoms with Crippen molar-refractivity contribution in [3.05, 3.63) is 41.8 Å². The van der Waals surface area contributed by atoms with Crippen molar-refractivity contribution in [1.82, 2.24) is 4.98 Å². The van der Waals surface area contributed by atoms with Gasteiger partial charge in [-0.05, 0) is 31.9 Å². The summed E-state index contributed by atoms with van der Waals surface area (Å²) in [6, 6.07) is 8.25. The summed E-state index contributed by atoms with van der Waals surface area (Å²) in [6.45, 7) is 2.08. The first-order chi connectivity index (χ1) is 7.33. The van der Waals surface area contributed by atoms with Gasteiger partial charge in [0, 0.05) is 11.5 Å². The Morgan fingerprint density at radius 2 is 2.20 bits per heavy atom. The van der Waals surface area contributed by atoms with E-state index in [0.29, 0.717) is 5.92 Å². The quantitative estimate of drug-likeness (QED) is 0.739. The van der Waals surface area contributed by atoms with Crippen LogP contribution in [0.3, 0.4) is 0 Å². The Bertz CT molecular complexity index is 483. The fourth-order valence-corrected chi connectivity index (χ4v) is 1.76. The smallest absolute Gasteiger partial charge is 0.226 e. The third-order valence-corrected chi connectivity index (χ3v) is 2.78. The highest BCUT2D eigenvalue weighted by Crippen LogP contribution is 2.40. The molecule has 1 aromatic heterocycles. The molecule has 0 N–H and O–H groups in total. The molecule has 0 radical (unpaired) electrons. The summed E-state index contributed by atoms with van der Waals surface area (Å²) in [4.78, 5) is 4.52. The predicted octanol–water partition coefficient (Wildman–Crippen LogP) is 3.53. The number of hydrogen-bond acceptors (Lipinski definition) is 2. The lowest BCUT2D eigenvalue weighted by Crippen LogP contribution is -1.81. The molecule has 76 valence electrons. The van der Waals surface area contributed by atoms with Crippen molar-refractivity contribution in [2.24, 2.45) is 0 Å². The topological polar surface area (TPSA) is 26.0 Å². The van der Waals surface area contributed by atoms with E-state index < -0.39 is 0 Å². The van der Waals surface area contributed by atoms with Crippen molar-refractivity contribution in [2.75, 3.05) is 0 Å². The fraction of sp³-hybridized carbons (Fsp3) is 0.308. The van der Waals surface area contributed by atoms with Gasteiger partial charge in [0.25, 0.3) is 0 Å². The molecule has 0 spiro atoms. The molecule has 0 unspecified atom stereocenters. The van der Waals surface area contributed by atoms with E-state index in [4.69, 9.17) is 4.42 Å². The highest BCUT2D eigenvalue weighted by atomic mass is 16.3. The van der Waals surface area contributed by atoms with Crippen molar-refractivity contribution in [2.45, 2.75) is 25.7 Å². The summed E-state index contributed by atoms with van der Waals surface area (Å²) in [5, 5.41) is 0. The molecule has 0 amide bonds. The van der Waals surface area contributed by atoms with Crippen LogP contribution >= 0.6 is 0 Å². The van der Waals surface area contributed by atoms with E-state index in [2.05, 4.69) is 24.0 Å². The van der Waals surface area contributed by atoms with Gasteiger partial charge in [0.2, 0.25) is 5.89 Å². The Balaban J connectivity index is 1.97. The van der Waals surface area contributed by atoms with E-state index in [1.807, 2.05) is 12.1 Å². The fourth-order valence-electron chi connectivity index (χ4n) is 1.76. The van der Waals surface area contributed by atoms with Crippen molar-refractivity contribution in [3.8, 4) is 11.5 Å². The SMILES string of the molecule is Cc1cccc(-c2nc(C3CC3)co2)c1. The summed E-state index contributed by atoms with van der Waals surface area (Å²) in [6.07, 6.45) is 4.33. The van der Waals surface area contributed by atoms with Crippen LogP contribution in [0.15, 0.2) is 34.9 Å². The third kappa shape index (κ3) is 1.67. The first-order valence-corrected chi connectivity index (χ1v) is 5.35. The van der Waals surface area contributed by atoms with E-state index in [1.165, 1.54) is 18.4 Å². The number of aryl methyl sites for hydroxylation is 1. The van der Waals surface area contributed by atoms with Gasteiger partial charge in [-0.15, -0.1) is 0 Å². The molecule has 2 heteroatoms. The zero-order valence-electron chi connectivity index (χ0n) is 8.73. The third-order valence-electron chi connectivity index (χ3n) is 2.78. The number of aromatic nitrogens is 1. The zero-order valence-corrected chi connectivity index (χ0v) is 8.73. The Labute approximate surface area is 89.0 Å². The standard InChI is InChI=1S/C13H13NO/c1-9-3-2-4-11(7-9)13-14-12(8-15-13)10-5-6-10/h2-4,7-8,10H,5-6H2,1H3. The summed E-state index contributed by atoms with van der Waals surface area (Å²) in [7, 11) is 0. The Morgan fingerprint density at radius 1 is 1.33 bits per heavy atom. The van der Waals surface area contributed by atoms with Crippen molar-refractivity contribution >= 4 is 0 Å². The monoisotopic (exact) mass is 199 g/mol. The van der Waals surface area contributed by atoms with Crippen molar-refractivity contribution in [1.29, 1.82) is 0 Å². The van der Waals surface area contributed by atoms with Gasteiger partial charge in [-0.25, -0.2) is 4.98 Å². The molecule has 2 nitrogen and oxygen atoms in total. The first kappa shape index (κ1) is 8.72. The van der Waals surface area contributed by atoms with Gasteiger partial charge in [-0.1, -0.05) is 17.7 Å². The van der Waals surface area contributed by atoms with Crippen LogP contribution in [0.2, 0.25) is 0 Å². The summed E-state index contributed by atoms with van der Waals surface area (Å²) >= 11 is 0. The normalized spacial score (nSPS) is 15.5. The van der Waals surface area contributed by atoms with Gasteiger partial charge < -0.3 is 4.42 Å². The second-order valence-electron chi connectivity index (χ2n) is 4.22. The van der Waals surface area contributed by atoms with Crippen LogP contribution in [-0.4, -0.2) is 4.98 Å². The van der Waals surface area contributed by atoms with Gasteiger partial charge >= 0.3 is 0 Å². The van der Waals surface area contributed by atoms with Gasteiger partial charge in [0.1, 0.15) is 6.26 Å². The number of rotatable bonds is 2. The molecule has 0 saturated heterocycles. The molecule has 1 fully saturated rings. The molecule has 1 aliphatic carbocycles. The van der Waals surface area contributed by atoms with Gasteiger partial charge in [0.05, 0.1) is 5.69 Å². The van der Waals surface area contributed by atoms with Crippen LogP contribution in [0.1, 0.15) is 30.0 Å². The Morgan fingerprint density at radius 3 is 2.93 bits per heavy atom. The lowest BCUT2D eigenvalue weighted by Gasteiger charge is -1.96. The van der Waals surface area contributed by atoms with E-state index in [9.17, 15) is 0 Å². The zero-order chi connectivity index (χ0) is 10.3. The molecule has 3 rings (SSSR count). The first-order valence-electron chi connectivity index (χ1n) is 5.35. The Hall–Kier alpha value is -1.57. The number of hydrogen-bond donors (Lipinski definition) is 0. The highest BCUT2D eigenvalue weighted by molar-refractivity contribution is 5.54. The molecule has 15 heavy (non-hydrogen) atoms. The lowest BCUT2D eigenvalue weighted by atomic mass is 10.1. The molecule has 1 heterocycles. The minimum absolute atomic E-state index is 0.660. The van der Waals surface area contributed by atoms with E-state index in [0.717, 1.165) is 17.1 Å². The molecule has 2 aromatic rings. The van der Waals surface area contributed by atoms with E-state index in [-0.39, 0.29) is 0 Å². The van der Waals surface area contributed by atoms with E-state index >= 15 is 0 Å². The average molecular weight is 199 g/mol. The summed E-state index contributed by atoms with van der Waals surface area (Å²) in [5.74, 6) is 1.41. The number of benzene rings is 1. The van der Waals surface area contributed by atoms with Crippen LogP contribution in [0, 0.1) is 6.92 Å². The van der Waals surface area contributed by atoms with Gasteiger partial charge in [0.15, 0.2) is 0 Å². The number of nitrogens with zero attached hydrogens (tertiary/aromatic N) is 1. The van der Waals surface area contributed by atoms with Crippen molar-refractivity contribution in [3.63, 3.8) is 0 Å². The number of oxazole rings is 1. The van der Waals surface area contributed by atoms with Crippen LogP contribution in [-0.2, 0) is 0 Å². The van der Waals surface area contributed by atoms with Gasteiger partial charge in [-0.2, -0.15) is 0 Å². The molecule has 1 saturated carbocycles. The highest BCUT2D eigenvalue weighted by Gasteiger charge is 2.26. The lowest BCUT2D eigenvalue weighted by molar-refractivity contribution is 0.572. The van der Waals surface area contributed by atoms with E-state index in [1.54, 1.807) is 6.26 Å².